The summed E-state index contributed by atoms with van der Waals surface area (Å²) in [5, 5.41) is 7.48. The van der Waals surface area contributed by atoms with Crippen LogP contribution in [-0.4, -0.2) is 51.5 Å². The van der Waals surface area contributed by atoms with E-state index in [4.69, 9.17) is 0 Å². The second-order valence-corrected chi connectivity index (χ2v) is 5.74. The van der Waals surface area contributed by atoms with E-state index in [1.165, 1.54) is 0 Å². The number of fused-ring (bicyclic) bond motifs is 3. The van der Waals surface area contributed by atoms with Gasteiger partial charge in [-0.15, -0.1) is 0 Å². The molecule has 20 heavy (non-hydrogen) atoms. The third-order valence-corrected chi connectivity index (χ3v) is 3.83. The summed E-state index contributed by atoms with van der Waals surface area (Å²) >= 11 is 1.56. The smallest absolute Gasteiger partial charge is 0.187 e. The van der Waals surface area contributed by atoms with Crippen LogP contribution in [-0.2, 0) is 6.54 Å². The lowest BCUT2D eigenvalue weighted by Gasteiger charge is -2.10. The van der Waals surface area contributed by atoms with E-state index in [-0.39, 0.29) is 0 Å². The first-order valence-corrected chi connectivity index (χ1v) is 7.71. The zero-order valence-corrected chi connectivity index (χ0v) is 12.7. The zero-order valence-electron chi connectivity index (χ0n) is 11.9. The Labute approximate surface area is 122 Å². The third-order valence-electron chi connectivity index (χ3n) is 3.27. The predicted octanol–water partition coefficient (Wildman–Crippen LogP) is 2.26. The van der Waals surface area contributed by atoms with Crippen molar-refractivity contribution in [2.24, 2.45) is 0 Å². The molecule has 104 valence electrons. The number of thioether (sulfide) groups is 1. The maximum absolute atomic E-state index is 4.66. The molecule has 0 spiro atoms. The highest BCUT2D eigenvalue weighted by Gasteiger charge is 2.10. The summed E-state index contributed by atoms with van der Waals surface area (Å²) in [6.07, 6.45) is 5.78. The van der Waals surface area contributed by atoms with Gasteiger partial charge in [0.2, 0.25) is 0 Å². The molecule has 1 aromatic carbocycles. The molecule has 0 fully saturated rings. The van der Waals surface area contributed by atoms with E-state index in [0.717, 1.165) is 40.1 Å². The average molecular weight is 287 g/mol. The average Bonchev–Trinajstić information content (AvgIpc) is 2.88. The quantitative estimate of drug-likeness (QED) is 0.544. The van der Waals surface area contributed by atoms with Crippen molar-refractivity contribution in [2.75, 3.05) is 26.9 Å². The van der Waals surface area contributed by atoms with E-state index in [1.54, 1.807) is 11.8 Å². The topological polar surface area (TPSA) is 46.8 Å². The van der Waals surface area contributed by atoms with Crippen molar-refractivity contribution < 1.29 is 0 Å². The maximum Gasteiger partial charge on any atom is 0.187 e. The molecule has 2 aromatic heterocycles. The standard InChI is InChI=1S/C14H17N5S/c1-18(2)6-7-19-13-11(9-16-19)5-4-10-8-15-14(20-3)17-12(10)13/h4-5,8-9H,6-7H2,1-3H3. The SMILES string of the molecule is CSc1ncc2ccc3cnn(CCN(C)C)c3c2n1. The molecule has 0 atom stereocenters. The van der Waals surface area contributed by atoms with Crippen LogP contribution in [0.1, 0.15) is 0 Å². The van der Waals surface area contributed by atoms with Crippen LogP contribution < -0.4 is 0 Å². The summed E-state index contributed by atoms with van der Waals surface area (Å²) in [6.45, 7) is 1.81. The molecule has 2 heterocycles. The Bertz CT molecular complexity index is 750. The molecule has 3 aromatic rings. The number of hydrogen-bond donors (Lipinski definition) is 0. The van der Waals surface area contributed by atoms with Crippen LogP contribution in [0.5, 0.6) is 0 Å². The van der Waals surface area contributed by atoms with Gasteiger partial charge in [0.25, 0.3) is 0 Å². The molecule has 0 unspecified atom stereocenters. The highest BCUT2D eigenvalue weighted by Crippen LogP contribution is 2.24. The zero-order chi connectivity index (χ0) is 14.1. The predicted molar refractivity (Wildman–Crippen MR) is 83.2 cm³/mol. The van der Waals surface area contributed by atoms with E-state index in [2.05, 4.69) is 46.2 Å². The van der Waals surface area contributed by atoms with Gasteiger partial charge in [-0.05, 0) is 20.4 Å². The van der Waals surface area contributed by atoms with Crippen molar-refractivity contribution in [3.05, 3.63) is 24.5 Å². The van der Waals surface area contributed by atoms with Gasteiger partial charge in [0.15, 0.2) is 5.16 Å². The Morgan fingerprint density at radius 2 is 2.00 bits per heavy atom. The van der Waals surface area contributed by atoms with Gasteiger partial charge in [-0.1, -0.05) is 23.9 Å². The Morgan fingerprint density at radius 3 is 2.75 bits per heavy atom. The van der Waals surface area contributed by atoms with E-state index >= 15 is 0 Å². The molecule has 0 saturated heterocycles. The van der Waals surface area contributed by atoms with Gasteiger partial charge in [0, 0.05) is 23.5 Å². The van der Waals surface area contributed by atoms with Crippen molar-refractivity contribution >= 4 is 33.6 Å². The second-order valence-electron chi connectivity index (χ2n) is 4.97. The number of nitrogens with zero attached hydrogens (tertiary/aromatic N) is 5. The van der Waals surface area contributed by atoms with Gasteiger partial charge in [0.1, 0.15) is 5.52 Å². The minimum Gasteiger partial charge on any atom is -0.308 e. The summed E-state index contributed by atoms with van der Waals surface area (Å²) in [5.41, 5.74) is 2.08. The minimum atomic E-state index is 0.797. The highest BCUT2D eigenvalue weighted by molar-refractivity contribution is 7.98. The van der Waals surface area contributed by atoms with Crippen LogP contribution in [0.25, 0.3) is 21.8 Å². The molecular weight excluding hydrogens is 270 g/mol. The van der Waals surface area contributed by atoms with Crippen LogP contribution in [0.15, 0.2) is 29.7 Å². The molecule has 3 rings (SSSR count). The molecule has 0 aliphatic heterocycles. The first kappa shape index (κ1) is 13.3. The van der Waals surface area contributed by atoms with Crippen molar-refractivity contribution in [2.45, 2.75) is 11.7 Å². The largest absolute Gasteiger partial charge is 0.308 e. The Hall–Kier alpha value is -1.66. The second kappa shape index (κ2) is 5.38. The van der Waals surface area contributed by atoms with Crippen molar-refractivity contribution in [1.82, 2.24) is 24.6 Å². The normalized spacial score (nSPS) is 11.8. The van der Waals surface area contributed by atoms with Gasteiger partial charge >= 0.3 is 0 Å². The van der Waals surface area contributed by atoms with Crippen molar-refractivity contribution in [3.8, 4) is 0 Å². The Kier molecular flexibility index (Phi) is 3.58. The van der Waals surface area contributed by atoms with Crippen LogP contribution in [0, 0.1) is 0 Å². The van der Waals surface area contributed by atoms with E-state index in [0.29, 0.717) is 0 Å². The summed E-state index contributed by atoms with van der Waals surface area (Å²) in [7, 11) is 4.13. The van der Waals surface area contributed by atoms with E-state index in [1.807, 2.05) is 23.3 Å². The van der Waals surface area contributed by atoms with Gasteiger partial charge in [-0.3, -0.25) is 4.68 Å². The number of aromatic nitrogens is 4. The monoisotopic (exact) mass is 287 g/mol. The van der Waals surface area contributed by atoms with Gasteiger partial charge in [-0.25, -0.2) is 9.97 Å². The molecule has 0 N–H and O–H groups in total. The fraction of sp³-hybridized carbons (Fsp3) is 0.357. The molecule has 6 heteroatoms. The van der Waals surface area contributed by atoms with E-state index in [9.17, 15) is 0 Å². The number of likely N-dealkylation sites (N-methyl/N-ethyl adjacent to an activating group) is 1. The molecule has 0 aliphatic carbocycles. The van der Waals surface area contributed by atoms with Crippen molar-refractivity contribution in [3.63, 3.8) is 0 Å². The maximum atomic E-state index is 4.66. The fourth-order valence-corrected chi connectivity index (χ4v) is 2.55. The number of hydrogen-bond acceptors (Lipinski definition) is 5. The lowest BCUT2D eigenvalue weighted by atomic mass is 10.2. The lowest BCUT2D eigenvalue weighted by molar-refractivity contribution is 0.377. The number of benzene rings is 1. The molecule has 0 amide bonds. The molecule has 5 nitrogen and oxygen atoms in total. The third kappa shape index (κ3) is 2.36. The molecule has 0 saturated carbocycles. The summed E-state index contributed by atoms with van der Waals surface area (Å²) in [6, 6.07) is 4.14. The first-order chi connectivity index (χ1) is 9.69. The lowest BCUT2D eigenvalue weighted by Crippen LogP contribution is -2.19. The fourth-order valence-electron chi connectivity index (χ4n) is 2.21. The first-order valence-electron chi connectivity index (χ1n) is 6.49. The van der Waals surface area contributed by atoms with Gasteiger partial charge in [0.05, 0.1) is 18.3 Å². The van der Waals surface area contributed by atoms with E-state index < -0.39 is 0 Å². The molecule has 0 bridgehead atoms. The molecular formula is C14H17N5S. The number of rotatable bonds is 4. The van der Waals surface area contributed by atoms with Crippen LogP contribution in [0.2, 0.25) is 0 Å². The molecule has 0 aliphatic rings. The van der Waals surface area contributed by atoms with Crippen LogP contribution in [0.4, 0.5) is 0 Å². The highest BCUT2D eigenvalue weighted by atomic mass is 32.2. The summed E-state index contributed by atoms with van der Waals surface area (Å²) in [5.74, 6) is 0. The Morgan fingerprint density at radius 1 is 1.20 bits per heavy atom. The van der Waals surface area contributed by atoms with Crippen LogP contribution >= 0.6 is 11.8 Å². The van der Waals surface area contributed by atoms with Gasteiger partial charge in [-0.2, -0.15) is 5.10 Å². The summed E-state index contributed by atoms with van der Waals surface area (Å²) < 4.78 is 2.04. The van der Waals surface area contributed by atoms with Crippen LogP contribution in [0.3, 0.4) is 0 Å². The van der Waals surface area contributed by atoms with Gasteiger partial charge < -0.3 is 4.90 Å². The van der Waals surface area contributed by atoms with Crippen molar-refractivity contribution in [1.29, 1.82) is 0 Å². The summed E-state index contributed by atoms with van der Waals surface area (Å²) in [4.78, 5) is 11.1. The minimum absolute atomic E-state index is 0.797. The molecule has 0 radical (unpaired) electrons. The Balaban J connectivity index is 2.19.